The van der Waals surface area contributed by atoms with E-state index in [1.807, 2.05) is 6.92 Å². The molecule has 1 fully saturated rings. The van der Waals surface area contributed by atoms with E-state index in [9.17, 15) is 14.7 Å². The van der Waals surface area contributed by atoms with Crippen molar-refractivity contribution in [2.75, 3.05) is 0 Å². The quantitative estimate of drug-likeness (QED) is 0.714. The van der Waals surface area contributed by atoms with E-state index < -0.39 is 5.72 Å². The Morgan fingerprint density at radius 2 is 1.71 bits per heavy atom. The molecule has 134 valence electrons. The first kappa shape index (κ1) is 17.7. The molecule has 0 aromatic carbocycles. The van der Waals surface area contributed by atoms with Crippen LogP contribution in [0.5, 0.6) is 0 Å². The summed E-state index contributed by atoms with van der Waals surface area (Å²) in [5, 5.41) is 14.2. The third-order valence-corrected chi connectivity index (χ3v) is 6.52. The van der Waals surface area contributed by atoms with Crippen LogP contribution in [0, 0.1) is 23.2 Å². The van der Waals surface area contributed by atoms with Gasteiger partial charge in [-0.1, -0.05) is 27.7 Å². The normalized spacial score (nSPS) is 40.0. The van der Waals surface area contributed by atoms with Gasteiger partial charge in [0.2, 0.25) is 5.91 Å². The average molecular weight is 333 g/mol. The SMILES string of the molecule is C[C@H]1CC[C@@H]2CCC3=C(C2(C)C)[C@@](O)(C[C@@H](C)CC(=O)C1)NC3=O. The van der Waals surface area contributed by atoms with E-state index in [1.54, 1.807) is 0 Å². The first-order chi connectivity index (χ1) is 11.1. The van der Waals surface area contributed by atoms with Gasteiger partial charge in [-0.05, 0) is 54.4 Å². The third-order valence-electron chi connectivity index (χ3n) is 6.52. The third kappa shape index (κ3) is 2.94. The van der Waals surface area contributed by atoms with Gasteiger partial charge in [-0.15, -0.1) is 0 Å². The van der Waals surface area contributed by atoms with Crippen molar-refractivity contribution in [3.63, 3.8) is 0 Å². The number of Topliss-reactive ketones (excluding diaryl/α,β-unsaturated/α-hetero) is 1. The molecule has 2 aliphatic carbocycles. The second-order valence-electron chi connectivity index (χ2n) is 9.06. The van der Waals surface area contributed by atoms with Crippen LogP contribution >= 0.6 is 0 Å². The molecule has 1 aliphatic heterocycles. The summed E-state index contributed by atoms with van der Waals surface area (Å²) < 4.78 is 0. The number of ketones is 1. The molecule has 0 spiro atoms. The lowest BCUT2D eigenvalue weighted by Gasteiger charge is -2.45. The molecular weight excluding hydrogens is 302 g/mol. The zero-order valence-electron chi connectivity index (χ0n) is 15.4. The monoisotopic (exact) mass is 333 g/mol. The molecule has 0 saturated heterocycles. The van der Waals surface area contributed by atoms with Gasteiger partial charge in [0, 0.05) is 24.8 Å². The molecule has 3 rings (SSSR count). The number of aliphatic hydroxyl groups is 1. The number of rotatable bonds is 0. The van der Waals surface area contributed by atoms with Crippen LogP contribution < -0.4 is 5.32 Å². The van der Waals surface area contributed by atoms with Crippen molar-refractivity contribution in [3.8, 4) is 0 Å². The average Bonchev–Trinajstić information content (AvgIpc) is 2.67. The van der Waals surface area contributed by atoms with E-state index in [0.29, 0.717) is 31.1 Å². The number of carbonyl (C=O) groups is 2. The summed E-state index contributed by atoms with van der Waals surface area (Å²) in [4.78, 5) is 24.7. The summed E-state index contributed by atoms with van der Waals surface area (Å²) in [5.41, 5.74) is 0.231. The Morgan fingerprint density at radius 1 is 1.04 bits per heavy atom. The highest BCUT2D eigenvalue weighted by atomic mass is 16.3. The van der Waals surface area contributed by atoms with Crippen LogP contribution in [0.1, 0.15) is 72.6 Å². The van der Waals surface area contributed by atoms with E-state index in [4.69, 9.17) is 0 Å². The maximum atomic E-state index is 12.4. The van der Waals surface area contributed by atoms with E-state index in [2.05, 4.69) is 26.1 Å². The predicted molar refractivity (Wildman–Crippen MR) is 93.0 cm³/mol. The van der Waals surface area contributed by atoms with Crippen molar-refractivity contribution in [2.45, 2.75) is 78.4 Å². The van der Waals surface area contributed by atoms with Crippen molar-refractivity contribution >= 4 is 11.7 Å². The van der Waals surface area contributed by atoms with Crippen LogP contribution in [-0.2, 0) is 9.59 Å². The minimum atomic E-state index is -1.28. The van der Waals surface area contributed by atoms with Crippen LogP contribution in [-0.4, -0.2) is 22.5 Å². The van der Waals surface area contributed by atoms with Gasteiger partial charge in [-0.25, -0.2) is 0 Å². The lowest BCUT2D eigenvalue weighted by atomic mass is 9.61. The van der Waals surface area contributed by atoms with Crippen molar-refractivity contribution in [3.05, 3.63) is 11.1 Å². The van der Waals surface area contributed by atoms with Gasteiger partial charge in [-0.3, -0.25) is 9.59 Å². The van der Waals surface area contributed by atoms with Crippen LogP contribution in [0.4, 0.5) is 0 Å². The fourth-order valence-corrected chi connectivity index (χ4v) is 5.42. The molecule has 24 heavy (non-hydrogen) atoms. The highest BCUT2D eigenvalue weighted by Gasteiger charge is 2.54. The molecule has 2 bridgehead atoms. The minimum absolute atomic E-state index is 0.0532. The van der Waals surface area contributed by atoms with Crippen LogP contribution in [0.25, 0.3) is 0 Å². The van der Waals surface area contributed by atoms with Crippen molar-refractivity contribution in [1.82, 2.24) is 5.32 Å². The number of carbonyl (C=O) groups excluding carboxylic acids is 2. The Balaban J connectivity index is 2.02. The van der Waals surface area contributed by atoms with E-state index >= 15 is 0 Å². The maximum absolute atomic E-state index is 12.4. The first-order valence-electron chi connectivity index (χ1n) is 9.44. The van der Waals surface area contributed by atoms with Crippen molar-refractivity contribution in [2.24, 2.45) is 23.2 Å². The summed E-state index contributed by atoms with van der Waals surface area (Å²) in [6.45, 7) is 8.55. The molecule has 4 heteroatoms. The Kier molecular flexibility index (Phi) is 4.40. The second-order valence-corrected chi connectivity index (χ2v) is 9.06. The zero-order chi connectivity index (χ0) is 17.7. The fraction of sp³-hybridized carbons (Fsp3) is 0.800. The molecule has 0 aromatic rings. The molecule has 4 atom stereocenters. The van der Waals surface area contributed by atoms with Gasteiger partial charge in [0.05, 0.1) is 0 Å². The summed E-state index contributed by atoms with van der Waals surface area (Å²) in [7, 11) is 0. The van der Waals surface area contributed by atoms with E-state index in [0.717, 1.165) is 36.8 Å². The molecular formula is C20H31NO3. The van der Waals surface area contributed by atoms with Gasteiger partial charge < -0.3 is 10.4 Å². The van der Waals surface area contributed by atoms with Gasteiger partial charge in [0.15, 0.2) is 5.72 Å². The molecule has 0 radical (unpaired) electrons. The molecule has 0 aromatic heterocycles. The topological polar surface area (TPSA) is 66.4 Å². The lowest BCUT2D eigenvalue weighted by molar-refractivity contribution is -0.122. The minimum Gasteiger partial charge on any atom is -0.367 e. The number of hydrogen-bond donors (Lipinski definition) is 2. The number of hydrogen-bond acceptors (Lipinski definition) is 3. The van der Waals surface area contributed by atoms with Gasteiger partial charge in [-0.2, -0.15) is 0 Å². The van der Waals surface area contributed by atoms with Crippen molar-refractivity contribution in [1.29, 1.82) is 0 Å². The zero-order valence-corrected chi connectivity index (χ0v) is 15.4. The van der Waals surface area contributed by atoms with Crippen LogP contribution in [0.3, 0.4) is 0 Å². The first-order valence-corrected chi connectivity index (χ1v) is 9.44. The number of amides is 1. The number of nitrogens with one attached hydrogen (secondary N) is 1. The smallest absolute Gasteiger partial charge is 0.249 e. The van der Waals surface area contributed by atoms with Crippen LogP contribution in [0.2, 0.25) is 0 Å². The number of fused-ring (bicyclic) bond motifs is 1. The highest BCUT2D eigenvalue weighted by molar-refractivity contribution is 5.98. The molecule has 1 heterocycles. The summed E-state index contributed by atoms with van der Waals surface area (Å²) >= 11 is 0. The Morgan fingerprint density at radius 3 is 2.42 bits per heavy atom. The summed E-state index contributed by atoms with van der Waals surface area (Å²) in [6, 6.07) is 0. The molecule has 2 N–H and O–H groups in total. The van der Waals surface area contributed by atoms with Gasteiger partial charge in [0.1, 0.15) is 5.78 Å². The lowest BCUT2D eigenvalue weighted by Crippen LogP contribution is -2.50. The van der Waals surface area contributed by atoms with Gasteiger partial charge in [0.25, 0.3) is 0 Å². The summed E-state index contributed by atoms with van der Waals surface area (Å²) in [6.07, 6.45) is 5.39. The fourth-order valence-electron chi connectivity index (χ4n) is 5.42. The highest BCUT2D eigenvalue weighted by Crippen LogP contribution is 2.54. The van der Waals surface area contributed by atoms with Crippen molar-refractivity contribution < 1.29 is 14.7 Å². The molecule has 1 amide bonds. The molecule has 4 nitrogen and oxygen atoms in total. The van der Waals surface area contributed by atoms with E-state index in [-0.39, 0.29) is 23.0 Å². The standard InChI is InChI=1S/C20H31NO3/c1-12-5-6-14-7-8-16-17(19(14,3)4)20(24,21-18(16)23)11-13(2)10-15(22)9-12/h12-14,24H,5-11H2,1-4H3,(H,21,23)/t12-,13-,14+,20-/m0/s1. The molecule has 0 unspecified atom stereocenters. The van der Waals surface area contributed by atoms with Gasteiger partial charge >= 0.3 is 0 Å². The maximum Gasteiger partial charge on any atom is 0.249 e. The Labute approximate surface area is 145 Å². The largest absolute Gasteiger partial charge is 0.367 e. The predicted octanol–water partition coefficient (Wildman–Crippen LogP) is 3.34. The van der Waals surface area contributed by atoms with Crippen LogP contribution in [0.15, 0.2) is 11.1 Å². The molecule has 3 aliphatic rings. The Bertz CT molecular complexity index is 592. The van der Waals surface area contributed by atoms with E-state index in [1.165, 1.54) is 0 Å². The summed E-state index contributed by atoms with van der Waals surface area (Å²) in [5.74, 6) is 1.08. The Hall–Kier alpha value is -1.16. The molecule has 1 saturated carbocycles. The second kappa shape index (κ2) is 5.98.